The van der Waals surface area contributed by atoms with Crippen molar-refractivity contribution in [3.8, 4) is 0 Å². The number of rotatable bonds is 7. The number of carbonyl (C=O) groups excluding carboxylic acids is 1. The molecule has 1 unspecified atom stereocenters. The van der Waals surface area contributed by atoms with Crippen LogP contribution in [0.1, 0.15) is 53.9 Å². The molecule has 0 saturated carbocycles. The number of carbonyl (C=O) groups is 1. The minimum Gasteiger partial charge on any atom is -0.368 e. The van der Waals surface area contributed by atoms with Gasteiger partial charge < -0.3 is 4.74 Å². The van der Waals surface area contributed by atoms with Gasteiger partial charge >= 0.3 is 0 Å². The van der Waals surface area contributed by atoms with Gasteiger partial charge in [0.2, 0.25) is 0 Å². The van der Waals surface area contributed by atoms with Crippen molar-refractivity contribution >= 4 is 5.78 Å². The van der Waals surface area contributed by atoms with Crippen LogP contribution in [0.4, 0.5) is 0 Å². The molecule has 84 valence electrons. The lowest BCUT2D eigenvalue weighted by Gasteiger charge is -2.32. The van der Waals surface area contributed by atoms with Gasteiger partial charge in [-0.05, 0) is 26.2 Å². The Hall–Kier alpha value is -0.370. The Morgan fingerprint density at radius 1 is 1.21 bits per heavy atom. The van der Waals surface area contributed by atoms with Gasteiger partial charge in [-0.2, -0.15) is 0 Å². The van der Waals surface area contributed by atoms with Gasteiger partial charge in [-0.15, -0.1) is 0 Å². The molecule has 0 heterocycles. The van der Waals surface area contributed by atoms with Gasteiger partial charge in [0.1, 0.15) is 5.60 Å². The summed E-state index contributed by atoms with van der Waals surface area (Å²) in [6, 6.07) is 0. The van der Waals surface area contributed by atoms with Crippen molar-refractivity contribution in [1.82, 2.24) is 0 Å². The van der Waals surface area contributed by atoms with Crippen LogP contribution >= 0.6 is 0 Å². The molecule has 0 aliphatic carbocycles. The fourth-order valence-corrected chi connectivity index (χ4v) is 1.78. The molecule has 0 aliphatic rings. The Morgan fingerprint density at radius 2 is 1.71 bits per heavy atom. The van der Waals surface area contributed by atoms with E-state index in [1.807, 2.05) is 34.6 Å². The molecule has 2 heteroatoms. The van der Waals surface area contributed by atoms with Crippen LogP contribution in [0, 0.1) is 5.92 Å². The van der Waals surface area contributed by atoms with Crippen molar-refractivity contribution in [3.63, 3.8) is 0 Å². The minimum atomic E-state index is -0.524. The van der Waals surface area contributed by atoms with E-state index in [1.54, 1.807) is 0 Å². The minimum absolute atomic E-state index is 0.112. The summed E-state index contributed by atoms with van der Waals surface area (Å²) >= 11 is 0. The lowest BCUT2D eigenvalue weighted by Crippen LogP contribution is -2.43. The first kappa shape index (κ1) is 13.6. The number of Topliss-reactive ketones (excluding diaryl/α,β-unsaturated/α-hetero) is 1. The molecule has 1 atom stereocenters. The summed E-state index contributed by atoms with van der Waals surface area (Å²) in [5, 5.41) is 0. The van der Waals surface area contributed by atoms with Gasteiger partial charge in [0.15, 0.2) is 5.78 Å². The number of ketones is 1. The molecule has 0 rings (SSSR count). The molecule has 14 heavy (non-hydrogen) atoms. The first-order valence-electron chi connectivity index (χ1n) is 5.76. The van der Waals surface area contributed by atoms with E-state index in [9.17, 15) is 4.79 Å². The Morgan fingerprint density at radius 3 is 2.00 bits per heavy atom. The fraction of sp³-hybridized carbons (Fsp3) is 0.917. The average molecular weight is 200 g/mol. The molecule has 0 aliphatic heterocycles. The van der Waals surface area contributed by atoms with E-state index in [0.29, 0.717) is 6.61 Å². The second kappa shape index (κ2) is 6.18. The number of hydrogen-bond donors (Lipinski definition) is 0. The topological polar surface area (TPSA) is 26.3 Å². The predicted molar refractivity (Wildman–Crippen MR) is 59.4 cm³/mol. The van der Waals surface area contributed by atoms with Gasteiger partial charge in [0.25, 0.3) is 0 Å². The summed E-state index contributed by atoms with van der Waals surface area (Å²) in [6.45, 7) is 10.7. The van der Waals surface area contributed by atoms with Crippen LogP contribution in [0.5, 0.6) is 0 Å². The molecule has 0 amide bonds. The third-order valence-corrected chi connectivity index (χ3v) is 3.07. The van der Waals surface area contributed by atoms with Crippen LogP contribution in [0.3, 0.4) is 0 Å². The van der Waals surface area contributed by atoms with Crippen molar-refractivity contribution in [3.05, 3.63) is 0 Å². The average Bonchev–Trinajstić information content (AvgIpc) is 2.24. The summed E-state index contributed by atoms with van der Waals surface area (Å²) in [5.74, 6) is 0.383. The Bertz CT molecular complexity index is 171. The molecule has 0 aromatic rings. The summed E-state index contributed by atoms with van der Waals surface area (Å²) in [5.41, 5.74) is -0.524. The standard InChI is InChI=1S/C12H24O2/c1-6-10(5)11(13)12(7-2,8-3)14-9-4/h10H,6-9H2,1-5H3. The molecule has 2 nitrogen and oxygen atoms in total. The van der Waals surface area contributed by atoms with Crippen LogP contribution in [-0.2, 0) is 9.53 Å². The third-order valence-electron chi connectivity index (χ3n) is 3.07. The van der Waals surface area contributed by atoms with Gasteiger partial charge in [0, 0.05) is 12.5 Å². The number of hydrogen-bond acceptors (Lipinski definition) is 2. The summed E-state index contributed by atoms with van der Waals surface area (Å²) in [6.07, 6.45) is 2.45. The lowest BCUT2D eigenvalue weighted by molar-refractivity contribution is -0.149. The molecule has 0 bridgehead atoms. The molecule has 0 aromatic heterocycles. The molecule has 0 radical (unpaired) electrons. The highest BCUT2D eigenvalue weighted by Crippen LogP contribution is 2.26. The van der Waals surface area contributed by atoms with E-state index in [0.717, 1.165) is 19.3 Å². The number of ether oxygens (including phenoxy) is 1. The van der Waals surface area contributed by atoms with Crippen LogP contribution in [-0.4, -0.2) is 18.0 Å². The zero-order chi connectivity index (χ0) is 11.2. The van der Waals surface area contributed by atoms with E-state index in [1.165, 1.54) is 0 Å². The molecule has 0 spiro atoms. The predicted octanol–water partition coefficient (Wildman–Crippen LogP) is 3.20. The summed E-state index contributed by atoms with van der Waals surface area (Å²) in [7, 11) is 0. The van der Waals surface area contributed by atoms with Crippen molar-refractivity contribution in [2.45, 2.75) is 59.5 Å². The largest absolute Gasteiger partial charge is 0.368 e. The first-order chi connectivity index (χ1) is 6.57. The summed E-state index contributed by atoms with van der Waals surface area (Å²) < 4.78 is 5.66. The maximum atomic E-state index is 12.1. The Balaban J connectivity index is 4.69. The van der Waals surface area contributed by atoms with Crippen molar-refractivity contribution in [2.24, 2.45) is 5.92 Å². The second-order valence-corrected chi connectivity index (χ2v) is 3.81. The Kier molecular flexibility index (Phi) is 6.01. The lowest BCUT2D eigenvalue weighted by atomic mass is 9.84. The van der Waals surface area contributed by atoms with Crippen LogP contribution in [0.25, 0.3) is 0 Å². The zero-order valence-electron chi connectivity index (χ0n) is 10.2. The maximum Gasteiger partial charge on any atom is 0.167 e. The van der Waals surface area contributed by atoms with Crippen LogP contribution in [0.2, 0.25) is 0 Å². The third kappa shape index (κ3) is 2.81. The molecular weight excluding hydrogens is 176 g/mol. The zero-order valence-corrected chi connectivity index (χ0v) is 10.2. The Labute approximate surface area is 88.0 Å². The quantitative estimate of drug-likeness (QED) is 0.631. The van der Waals surface area contributed by atoms with E-state index >= 15 is 0 Å². The van der Waals surface area contributed by atoms with Crippen LogP contribution in [0.15, 0.2) is 0 Å². The fourth-order valence-electron chi connectivity index (χ4n) is 1.78. The van der Waals surface area contributed by atoms with E-state index in [4.69, 9.17) is 4.74 Å². The van der Waals surface area contributed by atoms with Gasteiger partial charge in [0.05, 0.1) is 0 Å². The van der Waals surface area contributed by atoms with Gasteiger partial charge in [-0.3, -0.25) is 4.79 Å². The molecular formula is C12H24O2. The summed E-state index contributed by atoms with van der Waals surface area (Å²) in [4.78, 5) is 12.1. The molecule has 0 N–H and O–H groups in total. The maximum absolute atomic E-state index is 12.1. The molecule has 0 aromatic carbocycles. The van der Waals surface area contributed by atoms with Crippen molar-refractivity contribution in [2.75, 3.05) is 6.61 Å². The van der Waals surface area contributed by atoms with Crippen molar-refractivity contribution in [1.29, 1.82) is 0 Å². The van der Waals surface area contributed by atoms with E-state index in [2.05, 4.69) is 0 Å². The highest BCUT2D eigenvalue weighted by atomic mass is 16.5. The van der Waals surface area contributed by atoms with E-state index in [-0.39, 0.29) is 11.7 Å². The van der Waals surface area contributed by atoms with Crippen LogP contribution < -0.4 is 0 Å². The normalized spacial score (nSPS) is 14.1. The monoisotopic (exact) mass is 200 g/mol. The van der Waals surface area contributed by atoms with Gasteiger partial charge in [-0.25, -0.2) is 0 Å². The second-order valence-electron chi connectivity index (χ2n) is 3.81. The highest BCUT2D eigenvalue weighted by Gasteiger charge is 2.37. The smallest absolute Gasteiger partial charge is 0.167 e. The SMILES string of the molecule is CCOC(CC)(CC)C(=O)C(C)CC. The molecule has 0 saturated heterocycles. The molecule has 0 fully saturated rings. The van der Waals surface area contributed by atoms with Crippen molar-refractivity contribution < 1.29 is 9.53 Å². The van der Waals surface area contributed by atoms with Gasteiger partial charge in [-0.1, -0.05) is 27.7 Å². The highest BCUT2D eigenvalue weighted by molar-refractivity contribution is 5.89. The first-order valence-corrected chi connectivity index (χ1v) is 5.76. The van der Waals surface area contributed by atoms with E-state index < -0.39 is 5.60 Å².